The number of hydrogen-bond acceptors (Lipinski definition) is 5. The van der Waals surface area contributed by atoms with E-state index in [1.807, 2.05) is 4.90 Å². The molecule has 2 saturated heterocycles. The molecule has 0 radical (unpaired) electrons. The van der Waals surface area contributed by atoms with Gasteiger partial charge in [0.05, 0.1) is 12.6 Å². The summed E-state index contributed by atoms with van der Waals surface area (Å²) in [5.74, 6) is 0.297. The largest absolute Gasteiger partial charge is 0.376 e. The number of rotatable bonds is 8. The van der Waals surface area contributed by atoms with E-state index in [0.717, 1.165) is 51.1 Å². The smallest absolute Gasteiger partial charge is 0.253 e. The summed E-state index contributed by atoms with van der Waals surface area (Å²) in [4.78, 5) is 39.4. The van der Waals surface area contributed by atoms with Crippen molar-refractivity contribution in [1.82, 2.24) is 10.2 Å². The van der Waals surface area contributed by atoms with Crippen LogP contribution in [0.2, 0.25) is 0 Å². The predicted molar refractivity (Wildman–Crippen MR) is 136 cm³/mol. The van der Waals surface area contributed by atoms with Gasteiger partial charge in [0, 0.05) is 48.7 Å². The topological polar surface area (TPSA) is 99.8 Å². The molecule has 4 rings (SSSR count). The Morgan fingerprint density at radius 1 is 0.971 bits per heavy atom. The highest BCUT2D eigenvalue weighted by molar-refractivity contribution is 5.98. The number of nitrogens with one attached hydrogen (secondary N) is 3. The SMILES string of the molecule is CC1CCN(C(=O)c2cccc(NC(=O)CNc3ccc(C(=O)NCC4CCCO4)cc3)c2)CC1. The Bertz CT molecular complexity index is 1030. The average molecular weight is 479 g/mol. The average Bonchev–Trinajstić information content (AvgIpc) is 3.40. The Kier molecular flexibility index (Phi) is 8.36. The summed E-state index contributed by atoms with van der Waals surface area (Å²) < 4.78 is 5.52. The third kappa shape index (κ3) is 7.05. The Balaban J connectivity index is 1.23. The first-order chi connectivity index (χ1) is 17.0. The molecule has 8 nitrogen and oxygen atoms in total. The predicted octanol–water partition coefficient (Wildman–Crippen LogP) is 3.52. The molecule has 8 heteroatoms. The molecule has 0 bridgehead atoms. The molecule has 2 fully saturated rings. The van der Waals surface area contributed by atoms with Crippen LogP contribution < -0.4 is 16.0 Å². The Labute approximate surface area is 206 Å². The zero-order chi connectivity index (χ0) is 24.6. The lowest BCUT2D eigenvalue weighted by atomic mass is 9.98. The van der Waals surface area contributed by atoms with E-state index < -0.39 is 0 Å². The minimum Gasteiger partial charge on any atom is -0.376 e. The summed E-state index contributed by atoms with van der Waals surface area (Å²) in [6.45, 7) is 5.10. The highest BCUT2D eigenvalue weighted by Crippen LogP contribution is 2.20. The van der Waals surface area contributed by atoms with Gasteiger partial charge in [-0.1, -0.05) is 13.0 Å². The first-order valence-corrected chi connectivity index (χ1v) is 12.4. The second-order valence-electron chi connectivity index (χ2n) is 9.38. The van der Waals surface area contributed by atoms with E-state index in [2.05, 4.69) is 22.9 Å². The summed E-state index contributed by atoms with van der Waals surface area (Å²) in [6.07, 6.45) is 4.16. The van der Waals surface area contributed by atoms with Crippen LogP contribution in [0.4, 0.5) is 11.4 Å². The number of carbonyl (C=O) groups is 3. The molecule has 2 aromatic carbocycles. The van der Waals surface area contributed by atoms with E-state index >= 15 is 0 Å². The molecule has 35 heavy (non-hydrogen) atoms. The number of piperidine rings is 1. The number of nitrogens with zero attached hydrogens (tertiary/aromatic N) is 1. The van der Waals surface area contributed by atoms with Crippen LogP contribution in [-0.2, 0) is 9.53 Å². The van der Waals surface area contributed by atoms with Crippen LogP contribution in [0.3, 0.4) is 0 Å². The summed E-state index contributed by atoms with van der Waals surface area (Å²) >= 11 is 0. The lowest BCUT2D eigenvalue weighted by molar-refractivity contribution is -0.114. The Morgan fingerprint density at radius 3 is 2.46 bits per heavy atom. The lowest BCUT2D eigenvalue weighted by Gasteiger charge is -2.30. The van der Waals surface area contributed by atoms with Gasteiger partial charge in [-0.2, -0.15) is 0 Å². The van der Waals surface area contributed by atoms with Gasteiger partial charge in [0.2, 0.25) is 5.91 Å². The van der Waals surface area contributed by atoms with Gasteiger partial charge in [0.15, 0.2) is 0 Å². The summed E-state index contributed by atoms with van der Waals surface area (Å²) in [7, 11) is 0. The molecule has 0 aliphatic carbocycles. The maximum Gasteiger partial charge on any atom is 0.253 e. The van der Waals surface area contributed by atoms with Gasteiger partial charge >= 0.3 is 0 Å². The molecule has 0 spiro atoms. The van der Waals surface area contributed by atoms with Crippen molar-refractivity contribution in [3.05, 3.63) is 59.7 Å². The number of anilines is 2. The molecule has 2 aromatic rings. The summed E-state index contributed by atoms with van der Waals surface area (Å²) in [5, 5.41) is 8.80. The van der Waals surface area contributed by atoms with Crippen molar-refractivity contribution in [2.75, 3.05) is 43.4 Å². The van der Waals surface area contributed by atoms with Crippen LogP contribution in [0.1, 0.15) is 53.3 Å². The van der Waals surface area contributed by atoms with E-state index in [1.54, 1.807) is 48.5 Å². The van der Waals surface area contributed by atoms with Gasteiger partial charge in [0.1, 0.15) is 0 Å². The van der Waals surface area contributed by atoms with Gasteiger partial charge in [-0.05, 0) is 74.1 Å². The number of benzene rings is 2. The molecule has 2 aliphatic heterocycles. The van der Waals surface area contributed by atoms with Crippen molar-refractivity contribution < 1.29 is 19.1 Å². The molecular weight excluding hydrogens is 444 g/mol. The van der Waals surface area contributed by atoms with Gasteiger partial charge in [-0.15, -0.1) is 0 Å². The molecule has 2 aliphatic rings. The quantitative estimate of drug-likeness (QED) is 0.539. The molecule has 186 valence electrons. The summed E-state index contributed by atoms with van der Waals surface area (Å²) in [5.41, 5.74) is 2.46. The normalized spacial score (nSPS) is 18.2. The van der Waals surface area contributed by atoms with Crippen molar-refractivity contribution in [3.8, 4) is 0 Å². The van der Waals surface area contributed by atoms with Crippen molar-refractivity contribution in [2.45, 2.75) is 38.7 Å². The first kappa shape index (κ1) is 24.7. The number of amides is 3. The standard InChI is InChI=1S/C27H34N4O4/c1-19-11-13-31(14-12-19)27(34)21-4-2-5-23(16-21)30-25(32)18-28-22-9-7-20(8-10-22)26(33)29-17-24-6-3-15-35-24/h2,4-5,7-10,16,19,24,28H,3,6,11-15,17-18H2,1H3,(H,29,33)(H,30,32). The van der Waals surface area contributed by atoms with Crippen LogP contribution >= 0.6 is 0 Å². The van der Waals surface area contributed by atoms with Crippen molar-refractivity contribution in [3.63, 3.8) is 0 Å². The zero-order valence-corrected chi connectivity index (χ0v) is 20.2. The highest BCUT2D eigenvalue weighted by atomic mass is 16.5. The van der Waals surface area contributed by atoms with E-state index in [1.165, 1.54) is 0 Å². The second kappa shape index (κ2) is 11.8. The number of carbonyl (C=O) groups excluding carboxylic acids is 3. The molecule has 3 N–H and O–H groups in total. The first-order valence-electron chi connectivity index (χ1n) is 12.4. The summed E-state index contributed by atoms with van der Waals surface area (Å²) in [6, 6.07) is 14.1. The van der Waals surface area contributed by atoms with E-state index in [0.29, 0.717) is 29.3 Å². The molecule has 3 amide bonds. The third-order valence-corrected chi connectivity index (χ3v) is 6.58. The van der Waals surface area contributed by atoms with Gasteiger partial charge in [-0.3, -0.25) is 14.4 Å². The molecule has 2 heterocycles. The highest BCUT2D eigenvalue weighted by Gasteiger charge is 2.21. The van der Waals surface area contributed by atoms with E-state index in [-0.39, 0.29) is 30.4 Å². The monoisotopic (exact) mass is 478 g/mol. The van der Waals surface area contributed by atoms with Crippen LogP contribution in [0, 0.1) is 5.92 Å². The van der Waals surface area contributed by atoms with Gasteiger partial charge in [-0.25, -0.2) is 0 Å². The van der Waals surface area contributed by atoms with Crippen molar-refractivity contribution >= 4 is 29.1 Å². The lowest BCUT2D eigenvalue weighted by Crippen LogP contribution is -2.37. The van der Waals surface area contributed by atoms with Crippen LogP contribution in [-0.4, -0.2) is 61.5 Å². The molecule has 1 unspecified atom stereocenters. The number of ether oxygens (including phenoxy) is 1. The molecule has 0 aromatic heterocycles. The minimum atomic E-state index is -0.222. The van der Waals surface area contributed by atoms with Crippen LogP contribution in [0.25, 0.3) is 0 Å². The third-order valence-electron chi connectivity index (χ3n) is 6.58. The molecular formula is C27H34N4O4. The van der Waals surface area contributed by atoms with Crippen molar-refractivity contribution in [2.24, 2.45) is 5.92 Å². The number of hydrogen-bond donors (Lipinski definition) is 3. The van der Waals surface area contributed by atoms with Gasteiger partial charge in [0.25, 0.3) is 11.8 Å². The fraction of sp³-hybridized carbons (Fsp3) is 0.444. The van der Waals surface area contributed by atoms with Crippen LogP contribution in [0.5, 0.6) is 0 Å². The van der Waals surface area contributed by atoms with E-state index in [4.69, 9.17) is 4.74 Å². The second-order valence-corrected chi connectivity index (χ2v) is 9.38. The van der Waals surface area contributed by atoms with Crippen LogP contribution in [0.15, 0.2) is 48.5 Å². The number of likely N-dealkylation sites (tertiary alicyclic amines) is 1. The van der Waals surface area contributed by atoms with E-state index in [9.17, 15) is 14.4 Å². The zero-order valence-electron chi connectivity index (χ0n) is 20.2. The van der Waals surface area contributed by atoms with Crippen molar-refractivity contribution in [1.29, 1.82) is 0 Å². The maximum absolute atomic E-state index is 12.8. The Hall–Kier alpha value is -3.39. The van der Waals surface area contributed by atoms with Gasteiger partial charge < -0.3 is 25.6 Å². The fourth-order valence-electron chi connectivity index (χ4n) is 4.37. The maximum atomic E-state index is 12.8. The minimum absolute atomic E-state index is 0.00557. The molecule has 0 saturated carbocycles. The fourth-order valence-corrected chi connectivity index (χ4v) is 4.37. The molecule has 1 atom stereocenters. The Morgan fingerprint density at radius 2 is 1.74 bits per heavy atom.